The molecule has 1 heterocycles. The number of hydrogen-bond donors (Lipinski definition) is 0. The first kappa shape index (κ1) is 19.0. The van der Waals surface area contributed by atoms with Crippen LogP contribution >= 0.6 is 11.6 Å². The average Bonchev–Trinajstić information content (AvgIpc) is 3.10. The molecular formula is C21H20ClN3O2. The van der Waals surface area contributed by atoms with Gasteiger partial charge in [-0.15, -0.1) is 0 Å². The molecule has 3 rings (SSSR count). The molecule has 6 heteroatoms. The zero-order valence-electron chi connectivity index (χ0n) is 15.4. The summed E-state index contributed by atoms with van der Waals surface area (Å²) >= 11 is 6.20. The van der Waals surface area contributed by atoms with Crippen LogP contribution < -0.4 is 0 Å². The van der Waals surface area contributed by atoms with Gasteiger partial charge in [0.05, 0.1) is 17.6 Å². The Balaban J connectivity index is 1.89. The number of hydrogen-bond acceptors (Lipinski definition) is 5. The van der Waals surface area contributed by atoms with Crippen molar-refractivity contribution < 1.29 is 9.26 Å². The highest BCUT2D eigenvalue weighted by atomic mass is 35.5. The maximum absolute atomic E-state index is 6.20. The van der Waals surface area contributed by atoms with E-state index in [0.29, 0.717) is 10.8 Å². The highest BCUT2D eigenvalue weighted by molar-refractivity contribution is 6.34. The Bertz CT molecular complexity index is 979. The fourth-order valence-corrected chi connectivity index (χ4v) is 3.03. The summed E-state index contributed by atoms with van der Waals surface area (Å²) in [5.41, 5.74) is 4.21. The van der Waals surface area contributed by atoms with E-state index in [-0.39, 0.29) is 6.10 Å². The Morgan fingerprint density at radius 1 is 1.19 bits per heavy atom. The molecule has 0 saturated carbocycles. The van der Waals surface area contributed by atoms with Crippen molar-refractivity contribution in [3.8, 4) is 0 Å². The predicted octanol–water partition coefficient (Wildman–Crippen LogP) is 5.22. The van der Waals surface area contributed by atoms with Gasteiger partial charge >= 0.3 is 0 Å². The Morgan fingerprint density at radius 3 is 2.63 bits per heavy atom. The molecule has 0 N–H and O–H groups in total. The average molecular weight is 382 g/mol. The zero-order valence-corrected chi connectivity index (χ0v) is 16.1. The third-order valence-electron chi connectivity index (χ3n) is 4.09. The number of aryl methyl sites for hydroxylation is 1. The van der Waals surface area contributed by atoms with E-state index in [1.807, 2.05) is 68.4 Å². The van der Waals surface area contributed by atoms with E-state index in [4.69, 9.17) is 20.9 Å². The molecule has 138 valence electrons. The molecule has 0 aliphatic heterocycles. The van der Waals surface area contributed by atoms with Crippen molar-refractivity contribution in [3.63, 3.8) is 0 Å². The van der Waals surface area contributed by atoms with E-state index in [1.165, 1.54) is 0 Å². The van der Waals surface area contributed by atoms with Gasteiger partial charge in [-0.3, -0.25) is 0 Å². The lowest BCUT2D eigenvalue weighted by atomic mass is 10.0. The lowest BCUT2D eigenvalue weighted by molar-refractivity contribution is 0.109. The van der Waals surface area contributed by atoms with Gasteiger partial charge in [0.1, 0.15) is 6.10 Å². The third-order valence-corrected chi connectivity index (χ3v) is 4.42. The first-order valence-electron chi connectivity index (χ1n) is 8.47. The van der Waals surface area contributed by atoms with E-state index in [0.717, 1.165) is 28.1 Å². The molecule has 2 aromatic carbocycles. The van der Waals surface area contributed by atoms with Gasteiger partial charge in [-0.05, 0) is 25.5 Å². The number of aromatic nitrogens is 1. The number of ether oxygens (including phenoxy) is 1. The summed E-state index contributed by atoms with van der Waals surface area (Å²) in [5, 5.41) is 13.1. The van der Waals surface area contributed by atoms with Crippen LogP contribution in [0.5, 0.6) is 0 Å². The Labute approximate surface area is 163 Å². The molecule has 3 aromatic rings. The monoisotopic (exact) mass is 381 g/mol. The van der Waals surface area contributed by atoms with Crippen molar-refractivity contribution in [3.05, 3.63) is 87.8 Å². The molecule has 0 spiro atoms. The van der Waals surface area contributed by atoms with Crippen LogP contribution in [0, 0.1) is 6.92 Å². The second-order valence-corrected chi connectivity index (χ2v) is 6.43. The largest absolute Gasteiger partial charge is 0.369 e. The van der Waals surface area contributed by atoms with Gasteiger partial charge < -0.3 is 9.26 Å². The topological polar surface area (TPSA) is 60.0 Å². The fraction of sp³-hybridized carbons (Fsp3) is 0.190. The van der Waals surface area contributed by atoms with Gasteiger partial charge in [-0.25, -0.2) is 0 Å². The van der Waals surface area contributed by atoms with Gasteiger partial charge in [0.15, 0.2) is 5.76 Å². The number of methoxy groups -OCH3 is 1. The molecule has 0 radical (unpaired) electrons. The normalized spacial score (nSPS) is 13.3. The highest BCUT2D eigenvalue weighted by Crippen LogP contribution is 2.28. The SMILES string of the molecule is COC(c1cc(C)no1)c1ccccc1/C=N/N=C(\C)c1ccccc1Cl. The van der Waals surface area contributed by atoms with Crippen LogP contribution in [-0.2, 0) is 4.74 Å². The van der Waals surface area contributed by atoms with Crippen molar-refractivity contribution in [2.75, 3.05) is 7.11 Å². The minimum Gasteiger partial charge on any atom is -0.369 e. The van der Waals surface area contributed by atoms with Crippen LogP contribution in [0.3, 0.4) is 0 Å². The maximum Gasteiger partial charge on any atom is 0.170 e. The Kier molecular flexibility index (Phi) is 6.16. The maximum atomic E-state index is 6.20. The van der Waals surface area contributed by atoms with Crippen molar-refractivity contribution in [2.24, 2.45) is 10.2 Å². The molecular weight excluding hydrogens is 362 g/mol. The first-order valence-corrected chi connectivity index (χ1v) is 8.85. The van der Waals surface area contributed by atoms with Gasteiger partial charge in [-0.1, -0.05) is 59.2 Å². The Morgan fingerprint density at radius 2 is 1.93 bits per heavy atom. The number of nitrogens with zero attached hydrogens (tertiary/aromatic N) is 3. The summed E-state index contributed by atoms with van der Waals surface area (Å²) in [5.74, 6) is 0.645. The van der Waals surface area contributed by atoms with E-state index < -0.39 is 0 Å². The van der Waals surface area contributed by atoms with E-state index in [1.54, 1.807) is 13.3 Å². The van der Waals surface area contributed by atoms with Crippen molar-refractivity contribution >= 4 is 23.5 Å². The fourth-order valence-electron chi connectivity index (χ4n) is 2.76. The molecule has 0 aliphatic carbocycles. The summed E-state index contributed by atoms with van der Waals surface area (Å²) in [6.45, 7) is 3.75. The van der Waals surface area contributed by atoms with Gasteiger partial charge in [0.2, 0.25) is 0 Å². The molecule has 1 atom stereocenters. The third kappa shape index (κ3) is 4.51. The standard InChI is InChI=1S/C21H20ClN3O2/c1-14-12-20(27-25-14)21(26-3)18-10-5-4-8-16(18)13-23-24-15(2)17-9-6-7-11-19(17)22/h4-13,21H,1-3H3/b23-13+,24-15+. The predicted molar refractivity (Wildman–Crippen MR) is 108 cm³/mol. The van der Waals surface area contributed by atoms with Gasteiger partial charge in [0.25, 0.3) is 0 Å². The number of halogens is 1. The number of rotatable bonds is 6. The van der Waals surface area contributed by atoms with E-state index in [9.17, 15) is 0 Å². The second-order valence-electron chi connectivity index (χ2n) is 6.03. The summed E-state index contributed by atoms with van der Waals surface area (Å²) in [4.78, 5) is 0. The van der Waals surface area contributed by atoms with Crippen LogP contribution in [0.25, 0.3) is 0 Å². The minimum absolute atomic E-state index is 0.373. The molecule has 0 fully saturated rings. The molecule has 27 heavy (non-hydrogen) atoms. The number of benzene rings is 2. The quantitative estimate of drug-likeness (QED) is 0.434. The van der Waals surface area contributed by atoms with Crippen LogP contribution in [0.15, 0.2) is 69.3 Å². The van der Waals surface area contributed by atoms with Crippen LogP contribution in [0.2, 0.25) is 5.02 Å². The highest BCUT2D eigenvalue weighted by Gasteiger charge is 2.20. The molecule has 0 aliphatic rings. The van der Waals surface area contributed by atoms with Crippen LogP contribution in [0.1, 0.15) is 41.2 Å². The zero-order chi connectivity index (χ0) is 19.2. The minimum atomic E-state index is -0.373. The molecule has 1 aromatic heterocycles. The molecule has 0 saturated heterocycles. The van der Waals surface area contributed by atoms with Crippen molar-refractivity contribution in [1.82, 2.24) is 5.16 Å². The summed E-state index contributed by atoms with van der Waals surface area (Å²) < 4.78 is 11.0. The summed E-state index contributed by atoms with van der Waals surface area (Å²) in [6, 6.07) is 17.2. The molecule has 5 nitrogen and oxygen atoms in total. The van der Waals surface area contributed by atoms with Crippen LogP contribution in [0.4, 0.5) is 0 Å². The first-order chi connectivity index (χ1) is 13.1. The molecule has 0 bridgehead atoms. The van der Waals surface area contributed by atoms with Gasteiger partial charge in [0, 0.05) is 29.3 Å². The van der Waals surface area contributed by atoms with Crippen molar-refractivity contribution in [1.29, 1.82) is 0 Å². The Hall–Kier alpha value is -2.76. The second kappa shape index (κ2) is 8.75. The van der Waals surface area contributed by atoms with Crippen LogP contribution in [-0.4, -0.2) is 24.2 Å². The smallest absolute Gasteiger partial charge is 0.170 e. The lowest BCUT2D eigenvalue weighted by Crippen LogP contribution is -2.06. The molecule has 1 unspecified atom stereocenters. The van der Waals surface area contributed by atoms with Gasteiger partial charge in [-0.2, -0.15) is 10.2 Å². The lowest BCUT2D eigenvalue weighted by Gasteiger charge is -2.14. The van der Waals surface area contributed by atoms with E-state index in [2.05, 4.69) is 15.4 Å². The van der Waals surface area contributed by atoms with Crippen molar-refractivity contribution in [2.45, 2.75) is 20.0 Å². The summed E-state index contributed by atoms with van der Waals surface area (Å²) in [6.07, 6.45) is 1.33. The summed E-state index contributed by atoms with van der Waals surface area (Å²) in [7, 11) is 1.64. The van der Waals surface area contributed by atoms with E-state index >= 15 is 0 Å². The molecule has 0 amide bonds.